The highest BCUT2D eigenvalue weighted by molar-refractivity contribution is 9.10. The van der Waals surface area contributed by atoms with Gasteiger partial charge in [0.2, 0.25) is 15.9 Å². The van der Waals surface area contributed by atoms with E-state index in [0.29, 0.717) is 11.4 Å². The van der Waals surface area contributed by atoms with Crippen molar-refractivity contribution < 1.29 is 17.9 Å². The second-order valence-corrected chi connectivity index (χ2v) is 7.47. The molecule has 0 unspecified atom stereocenters. The number of anilines is 1. The quantitative estimate of drug-likeness (QED) is 0.731. The molecule has 0 atom stereocenters. The summed E-state index contributed by atoms with van der Waals surface area (Å²) < 4.78 is 32.4. The minimum atomic E-state index is -3.66. The summed E-state index contributed by atoms with van der Waals surface area (Å²) in [6, 6.07) is 13.2. The van der Waals surface area contributed by atoms with Gasteiger partial charge in [-0.15, -0.1) is 0 Å². The van der Waals surface area contributed by atoms with Crippen molar-refractivity contribution >= 4 is 37.5 Å². The minimum absolute atomic E-state index is 0.00461. The van der Waals surface area contributed by atoms with Crippen LogP contribution in [0.1, 0.15) is 6.42 Å². The number of para-hydroxylation sites is 1. The topological polar surface area (TPSA) is 84.5 Å². The lowest BCUT2D eigenvalue weighted by molar-refractivity contribution is -0.116. The fourth-order valence-corrected chi connectivity index (χ4v) is 3.33. The number of nitrogens with one attached hydrogen (secondary N) is 2. The van der Waals surface area contributed by atoms with Crippen LogP contribution < -0.4 is 14.8 Å². The average molecular weight is 413 g/mol. The van der Waals surface area contributed by atoms with Crippen LogP contribution in [0, 0.1) is 0 Å². The van der Waals surface area contributed by atoms with Gasteiger partial charge in [-0.2, -0.15) is 0 Å². The van der Waals surface area contributed by atoms with Gasteiger partial charge in [0.1, 0.15) is 5.75 Å². The molecule has 24 heavy (non-hydrogen) atoms. The first-order valence-corrected chi connectivity index (χ1v) is 9.38. The SMILES string of the molecule is COc1ccc(S(=O)(=O)NCCC(=O)Nc2ccccc2Br)cc1. The highest BCUT2D eigenvalue weighted by atomic mass is 79.9. The molecule has 0 saturated heterocycles. The summed E-state index contributed by atoms with van der Waals surface area (Å²) in [5.41, 5.74) is 0.639. The molecule has 2 aromatic rings. The third-order valence-electron chi connectivity index (χ3n) is 3.16. The Balaban J connectivity index is 1.88. The number of benzene rings is 2. The highest BCUT2D eigenvalue weighted by Crippen LogP contribution is 2.21. The van der Waals surface area contributed by atoms with E-state index in [9.17, 15) is 13.2 Å². The zero-order valence-electron chi connectivity index (χ0n) is 13.0. The van der Waals surface area contributed by atoms with Crippen molar-refractivity contribution in [1.29, 1.82) is 0 Å². The second kappa shape index (κ2) is 8.27. The van der Waals surface area contributed by atoms with E-state index in [1.54, 1.807) is 24.3 Å². The maximum atomic E-state index is 12.1. The average Bonchev–Trinajstić information content (AvgIpc) is 2.57. The number of halogens is 1. The summed E-state index contributed by atoms with van der Waals surface area (Å²) in [6.07, 6.45) is 0.0245. The molecule has 2 N–H and O–H groups in total. The van der Waals surface area contributed by atoms with Gasteiger partial charge in [-0.3, -0.25) is 4.79 Å². The first-order valence-electron chi connectivity index (χ1n) is 7.10. The number of amides is 1. The number of sulfonamides is 1. The van der Waals surface area contributed by atoms with Gasteiger partial charge in [0.15, 0.2) is 0 Å². The van der Waals surface area contributed by atoms with Gasteiger partial charge in [-0.1, -0.05) is 12.1 Å². The predicted molar refractivity (Wildman–Crippen MR) is 95.6 cm³/mol. The molecular formula is C16H17BrN2O4S. The molecule has 0 fully saturated rings. The summed E-state index contributed by atoms with van der Waals surface area (Å²) >= 11 is 3.33. The Morgan fingerprint density at radius 2 is 1.79 bits per heavy atom. The van der Waals surface area contributed by atoms with Crippen molar-refractivity contribution in [3.8, 4) is 5.75 Å². The molecule has 0 aliphatic carbocycles. The largest absolute Gasteiger partial charge is 0.497 e. The van der Waals surface area contributed by atoms with E-state index in [4.69, 9.17) is 4.74 Å². The summed E-state index contributed by atoms with van der Waals surface area (Å²) in [5.74, 6) is 0.293. The van der Waals surface area contributed by atoms with Crippen molar-refractivity contribution in [1.82, 2.24) is 4.72 Å². The fraction of sp³-hybridized carbons (Fsp3) is 0.188. The maximum absolute atomic E-state index is 12.1. The Kier molecular flexibility index (Phi) is 6.36. The van der Waals surface area contributed by atoms with Gasteiger partial charge in [-0.05, 0) is 52.3 Å². The number of ether oxygens (including phenoxy) is 1. The number of hydrogen-bond acceptors (Lipinski definition) is 4. The van der Waals surface area contributed by atoms with E-state index < -0.39 is 10.0 Å². The van der Waals surface area contributed by atoms with Crippen LogP contribution in [-0.2, 0) is 14.8 Å². The molecule has 1 amide bonds. The van der Waals surface area contributed by atoms with E-state index in [0.717, 1.165) is 4.47 Å². The summed E-state index contributed by atoms with van der Waals surface area (Å²) in [4.78, 5) is 12.0. The molecule has 0 saturated carbocycles. The van der Waals surface area contributed by atoms with Crippen molar-refractivity contribution in [2.45, 2.75) is 11.3 Å². The van der Waals surface area contributed by atoms with E-state index in [1.165, 1.54) is 19.2 Å². The van der Waals surface area contributed by atoms with Crippen LogP contribution in [-0.4, -0.2) is 28.0 Å². The Hall–Kier alpha value is -1.90. The van der Waals surface area contributed by atoms with Crippen molar-refractivity contribution in [2.24, 2.45) is 0 Å². The van der Waals surface area contributed by atoms with Crippen LogP contribution in [0.3, 0.4) is 0 Å². The molecule has 2 aromatic carbocycles. The molecule has 0 heterocycles. The molecule has 0 spiro atoms. The lowest BCUT2D eigenvalue weighted by Crippen LogP contribution is -2.27. The van der Waals surface area contributed by atoms with Gasteiger partial charge in [0, 0.05) is 17.4 Å². The molecule has 0 aliphatic heterocycles. The summed E-state index contributed by atoms with van der Waals surface area (Å²) in [6.45, 7) is 0.00461. The maximum Gasteiger partial charge on any atom is 0.240 e. The molecule has 0 bridgehead atoms. The Morgan fingerprint density at radius 3 is 2.42 bits per heavy atom. The van der Waals surface area contributed by atoms with Crippen molar-refractivity contribution in [3.63, 3.8) is 0 Å². The van der Waals surface area contributed by atoms with Gasteiger partial charge in [-0.25, -0.2) is 13.1 Å². The van der Waals surface area contributed by atoms with E-state index in [2.05, 4.69) is 26.0 Å². The number of methoxy groups -OCH3 is 1. The molecule has 0 radical (unpaired) electrons. The Morgan fingerprint density at radius 1 is 1.12 bits per heavy atom. The van der Waals surface area contributed by atoms with Crippen LogP contribution in [0.2, 0.25) is 0 Å². The molecule has 8 heteroatoms. The van der Waals surface area contributed by atoms with Crippen LogP contribution in [0.5, 0.6) is 5.75 Å². The van der Waals surface area contributed by atoms with Gasteiger partial charge >= 0.3 is 0 Å². The molecule has 128 valence electrons. The van der Waals surface area contributed by atoms with Crippen LogP contribution in [0.15, 0.2) is 57.9 Å². The third-order valence-corrected chi connectivity index (χ3v) is 5.33. The normalized spacial score (nSPS) is 11.1. The standard InChI is InChI=1S/C16H17BrN2O4S/c1-23-12-6-8-13(9-7-12)24(21,22)18-11-10-16(20)19-15-5-3-2-4-14(15)17/h2-9,18H,10-11H2,1H3,(H,19,20). The molecule has 0 aromatic heterocycles. The molecule has 2 rings (SSSR count). The Bertz CT molecular complexity index is 807. The van der Waals surface area contributed by atoms with Gasteiger partial charge < -0.3 is 10.1 Å². The zero-order chi connectivity index (χ0) is 17.6. The monoisotopic (exact) mass is 412 g/mol. The lowest BCUT2D eigenvalue weighted by atomic mass is 10.3. The summed E-state index contributed by atoms with van der Waals surface area (Å²) in [7, 11) is -2.15. The Labute approximate surface area is 149 Å². The first kappa shape index (κ1) is 18.4. The number of hydrogen-bond donors (Lipinski definition) is 2. The second-order valence-electron chi connectivity index (χ2n) is 4.85. The van der Waals surface area contributed by atoms with E-state index >= 15 is 0 Å². The number of rotatable bonds is 7. The molecule has 0 aliphatic rings. The highest BCUT2D eigenvalue weighted by Gasteiger charge is 2.14. The molecule has 6 nitrogen and oxygen atoms in total. The molecular weight excluding hydrogens is 396 g/mol. The fourth-order valence-electron chi connectivity index (χ4n) is 1.91. The van der Waals surface area contributed by atoms with Crippen LogP contribution in [0.4, 0.5) is 5.69 Å². The van der Waals surface area contributed by atoms with Gasteiger partial charge in [0.25, 0.3) is 0 Å². The minimum Gasteiger partial charge on any atom is -0.497 e. The van der Waals surface area contributed by atoms with E-state index in [-0.39, 0.29) is 23.8 Å². The van der Waals surface area contributed by atoms with Gasteiger partial charge in [0.05, 0.1) is 17.7 Å². The van der Waals surface area contributed by atoms with E-state index in [1.807, 2.05) is 12.1 Å². The zero-order valence-corrected chi connectivity index (χ0v) is 15.4. The number of carbonyl (C=O) groups is 1. The predicted octanol–water partition coefficient (Wildman–Crippen LogP) is 2.76. The smallest absolute Gasteiger partial charge is 0.240 e. The van der Waals surface area contributed by atoms with Crippen molar-refractivity contribution in [3.05, 3.63) is 53.0 Å². The van der Waals surface area contributed by atoms with Crippen LogP contribution in [0.25, 0.3) is 0 Å². The summed E-state index contributed by atoms with van der Waals surface area (Å²) in [5, 5.41) is 2.71. The number of carbonyl (C=O) groups excluding carboxylic acids is 1. The lowest BCUT2D eigenvalue weighted by Gasteiger charge is -2.09. The third kappa shape index (κ3) is 5.05. The van der Waals surface area contributed by atoms with Crippen LogP contribution >= 0.6 is 15.9 Å². The first-order chi connectivity index (χ1) is 11.4. The van der Waals surface area contributed by atoms with Crippen molar-refractivity contribution in [2.75, 3.05) is 19.0 Å².